The average Bonchev–Trinajstić information content (AvgIpc) is 3.14. The summed E-state index contributed by atoms with van der Waals surface area (Å²) in [7, 11) is -9.10. The summed E-state index contributed by atoms with van der Waals surface area (Å²) < 4.78 is 37.2. The van der Waals surface area contributed by atoms with Crippen LogP contribution >= 0.6 is 15.6 Å². The van der Waals surface area contributed by atoms with Crippen molar-refractivity contribution in [2.24, 2.45) is 0 Å². The monoisotopic (exact) mass is 529 g/mol. The Morgan fingerprint density at radius 2 is 1.75 bits per heavy atom. The van der Waals surface area contributed by atoms with Crippen LogP contribution in [0.1, 0.15) is 20.1 Å². The van der Waals surface area contributed by atoms with Crippen LogP contribution in [0.15, 0.2) is 12.7 Å². The molecule has 0 bridgehead atoms. The number of phosphoric ester groups is 2. The normalized spacial score (nSPS) is 20.1. The van der Waals surface area contributed by atoms with Crippen LogP contribution in [-0.4, -0.2) is 45.4 Å². The van der Waals surface area contributed by atoms with E-state index in [0.29, 0.717) is 17.0 Å². The first-order valence-corrected chi connectivity index (χ1v) is 10.4. The van der Waals surface area contributed by atoms with Gasteiger partial charge < -0.3 is 47.8 Å². The molecule has 0 aliphatic carbocycles. The molecule has 3 unspecified atom stereocenters. The fraction of sp³-hybridized carbons (Fsp3) is 0.583. The Morgan fingerprint density at radius 1 is 1.12 bits per heavy atom. The van der Waals surface area contributed by atoms with Crippen molar-refractivity contribution in [3.63, 3.8) is 0 Å². The number of nitrogens with zero attached hydrogens (tertiary/aromatic N) is 4. The average molecular weight is 529 g/mol. The van der Waals surface area contributed by atoms with Gasteiger partial charge in [-0.1, -0.05) is 7.43 Å². The van der Waals surface area contributed by atoms with Crippen LogP contribution in [0.4, 0.5) is 5.82 Å². The molecule has 3 heterocycles. The third kappa shape index (κ3) is 10.9. The van der Waals surface area contributed by atoms with Crippen molar-refractivity contribution >= 4 is 32.6 Å². The summed E-state index contributed by atoms with van der Waals surface area (Å²) in [6.45, 7) is -0.811. The van der Waals surface area contributed by atoms with Gasteiger partial charge in [0, 0.05) is 13.5 Å². The zero-order valence-corrected chi connectivity index (χ0v) is 27.4. The molecular weight excluding hydrogens is 512 g/mol. The molecule has 2 aromatic rings. The minimum absolute atomic E-state index is 0. The minimum atomic E-state index is -5.40. The number of hydrogen-bond acceptors (Lipinski definition) is 13. The molecule has 1 fully saturated rings. The van der Waals surface area contributed by atoms with Crippen molar-refractivity contribution in [3.05, 3.63) is 12.7 Å². The fourth-order valence-electron chi connectivity index (χ4n) is 2.71. The molecule has 158 valence electrons. The van der Waals surface area contributed by atoms with Crippen molar-refractivity contribution in [3.8, 4) is 0 Å². The molecule has 0 saturated carbocycles. The third-order valence-electron chi connectivity index (χ3n) is 3.75. The minimum Gasteiger partial charge on any atom is -0.790 e. The van der Waals surface area contributed by atoms with Gasteiger partial charge in [-0.3, -0.25) is 4.57 Å². The quantitative estimate of drug-likeness (QED) is 0.261. The fourth-order valence-corrected chi connectivity index (χ4v) is 3.59. The summed E-state index contributed by atoms with van der Waals surface area (Å²) in [5.41, 5.74) is 0.744. The molecular formula is C12H17N5Na4O9P2. The first-order valence-electron chi connectivity index (χ1n) is 7.45. The Kier molecular flexibility index (Phi) is 20.0. The maximum absolute atomic E-state index is 11.0. The van der Waals surface area contributed by atoms with Gasteiger partial charge in [-0.2, -0.15) is 0 Å². The van der Waals surface area contributed by atoms with E-state index in [9.17, 15) is 28.7 Å². The van der Waals surface area contributed by atoms with Crippen molar-refractivity contribution < 1.29 is 161 Å². The van der Waals surface area contributed by atoms with Crippen LogP contribution < -0.4 is 143 Å². The molecule has 2 aromatic heterocycles. The molecule has 1 saturated heterocycles. The maximum atomic E-state index is 11.0. The second-order valence-electron chi connectivity index (χ2n) is 5.50. The molecule has 1 aliphatic heterocycles. The summed E-state index contributed by atoms with van der Waals surface area (Å²) in [5.74, 6) is 0.437. The van der Waals surface area contributed by atoms with Gasteiger partial charge in [-0.15, -0.1) is 0 Å². The van der Waals surface area contributed by atoms with Gasteiger partial charge in [0.05, 0.1) is 34.7 Å². The first kappa shape index (κ1) is 39.0. The molecule has 3 atom stereocenters. The molecule has 14 nitrogen and oxygen atoms in total. The van der Waals surface area contributed by atoms with Crippen molar-refractivity contribution in [1.82, 2.24) is 19.5 Å². The van der Waals surface area contributed by atoms with Crippen molar-refractivity contribution in [1.29, 1.82) is 0 Å². The molecule has 0 radical (unpaired) electrons. The van der Waals surface area contributed by atoms with Gasteiger partial charge >= 0.3 is 118 Å². The largest absolute Gasteiger partial charge is 1.00 e. The van der Waals surface area contributed by atoms with Crippen LogP contribution in [0.3, 0.4) is 0 Å². The summed E-state index contributed by atoms with van der Waals surface area (Å²) in [5, 5.41) is 2.83. The predicted molar refractivity (Wildman–Crippen MR) is 86.2 cm³/mol. The van der Waals surface area contributed by atoms with Crippen LogP contribution in [0.5, 0.6) is 0 Å². The summed E-state index contributed by atoms with van der Waals surface area (Å²) in [6.07, 6.45) is -1.10. The van der Waals surface area contributed by atoms with Gasteiger partial charge in [0.2, 0.25) is 0 Å². The number of hydrogen-bond donors (Lipinski definition) is 1. The number of aromatic nitrogens is 4. The zero-order valence-electron chi connectivity index (χ0n) is 17.7. The Bertz CT molecular complexity index is 929. The second-order valence-corrected chi connectivity index (χ2v) is 7.75. The van der Waals surface area contributed by atoms with Gasteiger partial charge in [-0.25, -0.2) is 15.0 Å². The summed E-state index contributed by atoms with van der Waals surface area (Å²) in [4.78, 5) is 55.5. The van der Waals surface area contributed by atoms with E-state index in [4.69, 9.17) is 4.74 Å². The molecule has 20 heteroatoms. The van der Waals surface area contributed by atoms with Crippen LogP contribution in [-0.2, 0) is 22.9 Å². The van der Waals surface area contributed by atoms with E-state index in [1.54, 1.807) is 7.05 Å². The molecule has 1 N–H and O–H groups in total. The van der Waals surface area contributed by atoms with Gasteiger partial charge in [0.25, 0.3) is 0 Å². The van der Waals surface area contributed by atoms with Crippen LogP contribution in [0.25, 0.3) is 11.2 Å². The molecule has 1 aliphatic rings. The molecule has 0 spiro atoms. The number of phosphoric acid groups is 2. The van der Waals surface area contributed by atoms with Gasteiger partial charge in [-0.05, 0) is 0 Å². The van der Waals surface area contributed by atoms with Gasteiger partial charge in [0.15, 0.2) is 11.5 Å². The Hall–Kier alpha value is 2.53. The molecule has 3 rings (SSSR count). The van der Waals surface area contributed by atoms with Crippen LogP contribution in [0, 0.1) is 0 Å². The molecule has 32 heavy (non-hydrogen) atoms. The van der Waals surface area contributed by atoms with Crippen molar-refractivity contribution in [2.75, 3.05) is 19.0 Å². The number of rotatable bonds is 7. The molecule has 0 aromatic carbocycles. The van der Waals surface area contributed by atoms with E-state index in [-0.39, 0.29) is 132 Å². The topological polar surface area (TPSA) is 210 Å². The Balaban J connectivity index is -0.00000168. The standard InChI is InChI=1S/C11H17N5O9P2.CH4.4Na/c1-12-10-9-11(14-4-13-10)16(5-15-9)8-2-6(25-27(20,21)22)7(24-8)3-23-26(17,18)19;;;;;/h4-8H,2-3H2,1H3,(H,12,13,14)(H2,17,18,19)(H2,20,21,22);1H4;;;;/q;;4*+1/p-4. The maximum Gasteiger partial charge on any atom is 1.00 e. The Morgan fingerprint density at radius 3 is 2.28 bits per heavy atom. The van der Waals surface area contributed by atoms with E-state index in [1.807, 2.05) is 0 Å². The smallest absolute Gasteiger partial charge is 0.790 e. The SMILES string of the molecule is C.CNc1ncnc2c1ncn2C1CC(OP(=O)([O-])[O-])C(COP(=O)([O-])[O-])O1.[Na+].[Na+].[Na+].[Na+]. The predicted octanol–water partition coefficient (Wildman–Crippen LogP) is -14.1. The number of imidazole rings is 1. The number of nitrogens with one attached hydrogen (secondary N) is 1. The van der Waals surface area contributed by atoms with E-state index in [2.05, 4.69) is 29.3 Å². The second kappa shape index (κ2) is 16.4. The van der Waals surface area contributed by atoms with E-state index in [1.165, 1.54) is 17.2 Å². The van der Waals surface area contributed by atoms with Crippen LogP contribution in [0.2, 0.25) is 0 Å². The Labute approximate surface area is 273 Å². The number of fused-ring (bicyclic) bond motifs is 1. The van der Waals surface area contributed by atoms with Crippen molar-refractivity contribution in [2.45, 2.75) is 32.3 Å². The van der Waals surface area contributed by atoms with E-state index in [0.717, 1.165) is 0 Å². The first-order chi connectivity index (χ1) is 12.6. The number of anilines is 1. The van der Waals surface area contributed by atoms with E-state index >= 15 is 0 Å². The van der Waals surface area contributed by atoms with E-state index < -0.39 is 40.7 Å². The summed E-state index contributed by atoms with van der Waals surface area (Å²) >= 11 is 0. The number of ether oxygens (including phenoxy) is 1. The third-order valence-corrected chi connectivity index (χ3v) is 4.74. The zero-order chi connectivity index (χ0) is 19.8. The molecule has 0 amide bonds. The van der Waals surface area contributed by atoms with Gasteiger partial charge in [0.1, 0.15) is 24.2 Å². The summed E-state index contributed by atoms with van der Waals surface area (Å²) in [6, 6.07) is 0.